The van der Waals surface area contributed by atoms with E-state index in [0.717, 1.165) is 32.2 Å². The second kappa shape index (κ2) is 12.6. The molecule has 0 aromatic heterocycles. The normalized spacial score (nSPS) is 26.4. The highest BCUT2D eigenvalue weighted by Crippen LogP contribution is 2.28. The topological polar surface area (TPSA) is 90.2 Å². The molecule has 0 heterocycles. The van der Waals surface area contributed by atoms with Crippen LogP contribution in [0.25, 0.3) is 0 Å². The number of rotatable bonds is 14. The van der Waals surface area contributed by atoms with E-state index in [2.05, 4.69) is 11.8 Å². The van der Waals surface area contributed by atoms with Gasteiger partial charge < -0.3 is 20.1 Å². The third-order valence-corrected chi connectivity index (χ3v) is 5.06. The number of carbonyl (C=O) groups is 1. The number of hydrogen-bond donors (Lipinski definition) is 3. The number of unbranched alkanes of at least 4 members (excludes halogenated alkanes) is 6. The SMILES string of the molecule is CCCCCCCO[C@@H]1[C@@H](N(C)CCCCCC(=O)O)[C@H](O)C[C@@H]1O. The van der Waals surface area contributed by atoms with Gasteiger partial charge in [-0.3, -0.25) is 9.69 Å². The average Bonchev–Trinajstić information content (AvgIpc) is 2.83. The van der Waals surface area contributed by atoms with Gasteiger partial charge in [0.15, 0.2) is 0 Å². The standard InChI is InChI=1S/C19H37NO5/c1-3-4-5-6-10-13-25-19-16(22)14-15(21)18(19)20(2)12-9-7-8-11-17(23)24/h15-16,18-19,21-22H,3-14H2,1-2H3,(H,23,24)/t15-,16+,18+,19+/m1/s1. The van der Waals surface area contributed by atoms with Crippen LogP contribution in [0.2, 0.25) is 0 Å². The number of carboxylic acids is 1. The lowest BCUT2D eigenvalue weighted by Crippen LogP contribution is -2.47. The average molecular weight is 360 g/mol. The van der Waals surface area contributed by atoms with Gasteiger partial charge in [0.25, 0.3) is 0 Å². The summed E-state index contributed by atoms with van der Waals surface area (Å²) < 4.78 is 5.93. The van der Waals surface area contributed by atoms with Crippen LogP contribution in [0.4, 0.5) is 0 Å². The first-order chi connectivity index (χ1) is 12.0. The Bertz CT molecular complexity index is 366. The first kappa shape index (κ1) is 22.4. The summed E-state index contributed by atoms with van der Waals surface area (Å²) in [5.74, 6) is -0.755. The summed E-state index contributed by atoms with van der Waals surface area (Å²) in [6.45, 7) is 3.58. The summed E-state index contributed by atoms with van der Waals surface area (Å²) >= 11 is 0. The molecule has 0 bridgehead atoms. The molecule has 1 rings (SSSR count). The molecule has 1 aliphatic rings. The van der Waals surface area contributed by atoms with Crippen molar-refractivity contribution >= 4 is 5.97 Å². The van der Waals surface area contributed by atoms with Crippen LogP contribution < -0.4 is 0 Å². The van der Waals surface area contributed by atoms with Gasteiger partial charge in [0.05, 0.1) is 18.2 Å². The molecule has 3 N–H and O–H groups in total. The van der Waals surface area contributed by atoms with Crippen molar-refractivity contribution in [3.05, 3.63) is 0 Å². The van der Waals surface area contributed by atoms with Gasteiger partial charge in [-0.2, -0.15) is 0 Å². The number of aliphatic carboxylic acids is 1. The largest absolute Gasteiger partial charge is 0.481 e. The van der Waals surface area contributed by atoms with Crippen LogP contribution in [-0.4, -0.2) is 70.7 Å². The molecule has 0 radical (unpaired) electrons. The molecule has 1 saturated carbocycles. The number of aliphatic hydroxyl groups is 2. The third-order valence-electron chi connectivity index (χ3n) is 5.06. The lowest BCUT2D eigenvalue weighted by molar-refractivity contribution is -0.137. The lowest BCUT2D eigenvalue weighted by atomic mass is 10.1. The summed E-state index contributed by atoms with van der Waals surface area (Å²) in [5, 5.41) is 29.2. The highest BCUT2D eigenvalue weighted by atomic mass is 16.5. The lowest BCUT2D eigenvalue weighted by Gasteiger charge is -2.32. The van der Waals surface area contributed by atoms with Gasteiger partial charge in [-0.05, 0) is 32.9 Å². The van der Waals surface area contributed by atoms with Crippen molar-refractivity contribution < 1.29 is 24.9 Å². The molecule has 0 aromatic rings. The zero-order chi connectivity index (χ0) is 18.7. The van der Waals surface area contributed by atoms with Gasteiger partial charge in [0.1, 0.15) is 6.10 Å². The molecule has 6 nitrogen and oxygen atoms in total. The summed E-state index contributed by atoms with van der Waals surface area (Å²) in [7, 11) is 1.95. The fourth-order valence-corrected chi connectivity index (χ4v) is 3.61. The van der Waals surface area contributed by atoms with Crippen LogP contribution >= 0.6 is 0 Å². The van der Waals surface area contributed by atoms with Crippen molar-refractivity contribution in [2.45, 2.75) is 95.5 Å². The Hall–Kier alpha value is -0.690. The zero-order valence-electron chi connectivity index (χ0n) is 15.9. The van der Waals surface area contributed by atoms with E-state index in [4.69, 9.17) is 9.84 Å². The van der Waals surface area contributed by atoms with Crippen molar-refractivity contribution in [3.63, 3.8) is 0 Å². The number of hydrogen-bond acceptors (Lipinski definition) is 5. The molecule has 4 atom stereocenters. The third kappa shape index (κ3) is 8.49. The summed E-state index contributed by atoms with van der Waals surface area (Å²) in [5.41, 5.74) is 0. The Kier molecular flexibility index (Phi) is 11.3. The molecule has 0 spiro atoms. The molecule has 1 fully saturated rings. The molecular formula is C19H37NO5. The molecule has 0 saturated heterocycles. The monoisotopic (exact) mass is 359 g/mol. The second-order valence-corrected chi connectivity index (χ2v) is 7.30. The Balaban J connectivity index is 2.33. The molecule has 148 valence electrons. The summed E-state index contributed by atoms with van der Waals surface area (Å²) in [6, 6.07) is -0.190. The van der Waals surface area contributed by atoms with Crippen LogP contribution in [-0.2, 0) is 9.53 Å². The van der Waals surface area contributed by atoms with E-state index >= 15 is 0 Å². The molecular weight excluding hydrogens is 322 g/mol. The molecule has 0 unspecified atom stereocenters. The van der Waals surface area contributed by atoms with Crippen LogP contribution in [0.5, 0.6) is 0 Å². The van der Waals surface area contributed by atoms with Crippen LogP contribution in [0.15, 0.2) is 0 Å². The predicted molar refractivity (Wildman–Crippen MR) is 97.7 cm³/mol. The van der Waals surface area contributed by atoms with E-state index in [1.54, 1.807) is 0 Å². The first-order valence-electron chi connectivity index (χ1n) is 9.87. The van der Waals surface area contributed by atoms with E-state index in [1.807, 2.05) is 7.05 Å². The van der Waals surface area contributed by atoms with Crippen molar-refractivity contribution in [1.29, 1.82) is 0 Å². The van der Waals surface area contributed by atoms with E-state index in [0.29, 0.717) is 19.4 Å². The van der Waals surface area contributed by atoms with E-state index in [-0.39, 0.29) is 18.6 Å². The Morgan fingerprint density at radius 2 is 1.72 bits per heavy atom. The fraction of sp³-hybridized carbons (Fsp3) is 0.947. The van der Waals surface area contributed by atoms with Gasteiger partial charge in [-0.25, -0.2) is 0 Å². The van der Waals surface area contributed by atoms with Crippen molar-refractivity contribution in [3.8, 4) is 0 Å². The maximum atomic E-state index is 10.5. The Labute approximate surface area is 152 Å². The Morgan fingerprint density at radius 1 is 1.04 bits per heavy atom. The minimum Gasteiger partial charge on any atom is -0.481 e. The van der Waals surface area contributed by atoms with Crippen molar-refractivity contribution in [2.24, 2.45) is 0 Å². The van der Waals surface area contributed by atoms with Gasteiger partial charge in [-0.15, -0.1) is 0 Å². The minimum atomic E-state index is -0.755. The molecule has 25 heavy (non-hydrogen) atoms. The molecule has 0 aliphatic heterocycles. The summed E-state index contributed by atoms with van der Waals surface area (Å²) in [4.78, 5) is 12.6. The highest BCUT2D eigenvalue weighted by Gasteiger charge is 2.44. The van der Waals surface area contributed by atoms with E-state index < -0.39 is 18.2 Å². The maximum Gasteiger partial charge on any atom is 0.303 e. The fourth-order valence-electron chi connectivity index (χ4n) is 3.61. The van der Waals surface area contributed by atoms with E-state index in [9.17, 15) is 15.0 Å². The maximum absolute atomic E-state index is 10.5. The van der Waals surface area contributed by atoms with Crippen molar-refractivity contribution in [1.82, 2.24) is 4.90 Å². The number of nitrogens with zero attached hydrogens (tertiary/aromatic N) is 1. The Morgan fingerprint density at radius 3 is 2.40 bits per heavy atom. The summed E-state index contributed by atoms with van der Waals surface area (Å²) in [6.07, 6.45) is 7.25. The predicted octanol–water partition coefficient (Wildman–Crippen LogP) is 2.41. The van der Waals surface area contributed by atoms with Crippen LogP contribution in [0.1, 0.15) is 71.1 Å². The quantitative estimate of drug-likeness (QED) is 0.413. The first-order valence-corrected chi connectivity index (χ1v) is 9.87. The number of ether oxygens (including phenoxy) is 1. The molecule has 1 aliphatic carbocycles. The molecule has 6 heteroatoms. The number of likely N-dealkylation sites (N-methyl/N-ethyl adjacent to an activating group) is 1. The van der Waals surface area contributed by atoms with Gasteiger partial charge in [0, 0.05) is 19.4 Å². The zero-order valence-corrected chi connectivity index (χ0v) is 15.9. The smallest absolute Gasteiger partial charge is 0.303 e. The number of aliphatic hydroxyl groups excluding tert-OH is 2. The van der Waals surface area contributed by atoms with Gasteiger partial charge in [-0.1, -0.05) is 39.0 Å². The molecule has 0 aromatic carbocycles. The van der Waals surface area contributed by atoms with Crippen LogP contribution in [0.3, 0.4) is 0 Å². The van der Waals surface area contributed by atoms with Gasteiger partial charge >= 0.3 is 5.97 Å². The minimum absolute atomic E-state index is 0.190. The van der Waals surface area contributed by atoms with Gasteiger partial charge in [0.2, 0.25) is 0 Å². The second-order valence-electron chi connectivity index (χ2n) is 7.30. The van der Waals surface area contributed by atoms with E-state index in [1.165, 1.54) is 19.3 Å². The highest BCUT2D eigenvalue weighted by molar-refractivity contribution is 5.66. The molecule has 0 amide bonds. The van der Waals surface area contributed by atoms with Crippen molar-refractivity contribution in [2.75, 3.05) is 20.2 Å². The number of carboxylic acid groups (broad SMARTS) is 1. The van der Waals surface area contributed by atoms with Crippen LogP contribution in [0, 0.1) is 0 Å².